The number of nitrogens with zero attached hydrogens (tertiary/aromatic N) is 5. The van der Waals surface area contributed by atoms with Gasteiger partial charge in [-0.15, -0.1) is 0 Å². The Labute approximate surface area is 246 Å². The SMILES string of the molecule is C[C@H]1CC(N2CCC(n3cc(-c4ccc(NC(=O)Nc5cc(C(C)(C)C)on5)cc4)c4c(N)ncnc43)CC2)CCN1. The van der Waals surface area contributed by atoms with Crippen LogP contribution < -0.4 is 21.7 Å². The lowest BCUT2D eigenvalue weighted by Gasteiger charge is -2.41. The van der Waals surface area contributed by atoms with E-state index in [9.17, 15) is 4.79 Å². The second-order valence-electron chi connectivity index (χ2n) is 12.7. The van der Waals surface area contributed by atoms with Crippen LogP contribution in [0.15, 0.2) is 47.4 Å². The molecule has 3 aromatic heterocycles. The van der Waals surface area contributed by atoms with Crippen LogP contribution in [0.5, 0.6) is 0 Å². The Bertz CT molecular complexity index is 1540. The molecule has 2 saturated heterocycles. The number of nitrogen functional groups attached to an aromatic ring is 1. The summed E-state index contributed by atoms with van der Waals surface area (Å²) in [5, 5.41) is 14.0. The number of hydrogen-bond donors (Lipinski definition) is 4. The van der Waals surface area contributed by atoms with Crippen LogP contribution in [0.25, 0.3) is 22.2 Å². The number of nitrogens with one attached hydrogen (secondary N) is 3. The number of carbonyl (C=O) groups is 1. The standard InChI is InChI=1S/C31H41N9O2/c1-19-15-23(9-12-33-19)39-13-10-22(11-14-39)40-17-24(27-28(32)34-18-35-29(27)40)20-5-7-21(8-6-20)36-30(41)37-26-16-25(42-38-26)31(2,3)4/h5-8,16-19,22-23,33H,9-15H2,1-4H3,(H2,32,34,35)(H2,36,37,38,41)/t19-,23?/m0/s1. The fraction of sp³-hybridized carbons (Fsp3) is 0.484. The average molecular weight is 572 g/mol. The van der Waals surface area contributed by atoms with Crippen molar-refractivity contribution in [3.63, 3.8) is 0 Å². The van der Waals surface area contributed by atoms with E-state index in [1.807, 2.05) is 45.0 Å². The van der Waals surface area contributed by atoms with Crippen molar-refractivity contribution in [1.82, 2.24) is 29.9 Å². The maximum Gasteiger partial charge on any atom is 0.324 e. The second-order valence-corrected chi connectivity index (χ2v) is 12.7. The molecular weight excluding hydrogens is 530 g/mol. The van der Waals surface area contributed by atoms with Crippen molar-refractivity contribution in [3.8, 4) is 11.1 Å². The third-order valence-electron chi connectivity index (χ3n) is 8.59. The first kappa shape index (κ1) is 28.2. The van der Waals surface area contributed by atoms with E-state index in [0.717, 1.165) is 54.6 Å². The van der Waals surface area contributed by atoms with Crippen LogP contribution in [0.3, 0.4) is 0 Å². The Morgan fingerprint density at radius 2 is 1.83 bits per heavy atom. The molecule has 2 amide bonds. The van der Waals surface area contributed by atoms with Gasteiger partial charge in [-0.1, -0.05) is 38.1 Å². The van der Waals surface area contributed by atoms with Gasteiger partial charge in [0, 0.05) is 60.1 Å². The number of urea groups is 1. The largest absolute Gasteiger partial charge is 0.383 e. The van der Waals surface area contributed by atoms with E-state index in [-0.39, 0.29) is 5.41 Å². The molecule has 2 aliphatic rings. The lowest BCUT2D eigenvalue weighted by atomic mass is 9.93. The Hall–Kier alpha value is -3.96. The van der Waals surface area contributed by atoms with Crippen LogP contribution >= 0.6 is 0 Å². The topological polar surface area (TPSA) is 139 Å². The van der Waals surface area contributed by atoms with E-state index in [0.29, 0.717) is 41.2 Å². The molecule has 1 aromatic carbocycles. The summed E-state index contributed by atoms with van der Waals surface area (Å²) >= 11 is 0. The van der Waals surface area contributed by atoms with Crippen LogP contribution in [0.4, 0.5) is 22.1 Å². The first-order chi connectivity index (χ1) is 20.2. The third kappa shape index (κ3) is 5.84. The lowest BCUT2D eigenvalue weighted by Crippen LogP contribution is -2.49. The Morgan fingerprint density at radius 1 is 1.07 bits per heavy atom. The molecule has 2 aliphatic heterocycles. The summed E-state index contributed by atoms with van der Waals surface area (Å²) < 4.78 is 7.65. The number of fused-ring (bicyclic) bond motifs is 1. The predicted octanol–water partition coefficient (Wildman–Crippen LogP) is 5.39. The zero-order chi connectivity index (χ0) is 29.4. The highest BCUT2D eigenvalue weighted by Crippen LogP contribution is 2.37. The summed E-state index contributed by atoms with van der Waals surface area (Å²) in [4.78, 5) is 24.2. The quantitative estimate of drug-likeness (QED) is 0.250. The zero-order valence-electron chi connectivity index (χ0n) is 24.9. The molecule has 1 unspecified atom stereocenters. The van der Waals surface area contributed by atoms with Gasteiger partial charge in [-0.3, -0.25) is 5.32 Å². The molecule has 5 heterocycles. The number of amides is 2. The normalized spacial score (nSPS) is 20.6. The van der Waals surface area contributed by atoms with Crippen molar-refractivity contribution in [2.24, 2.45) is 0 Å². The Kier molecular flexibility index (Phi) is 7.63. The molecule has 11 heteroatoms. The molecule has 42 heavy (non-hydrogen) atoms. The number of benzene rings is 1. The van der Waals surface area contributed by atoms with E-state index in [2.05, 4.69) is 53.7 Å². The smallest absolute Gasteiger partial charge is 0.324 e. The number of hydrogen-bond acceptors (Lipinski definition) is 8. The number of carbonyl (C=O) groups excluding carboxylic acids is 1. The van der Waals surface area contributed by atoms with Crippen molar-refractivity contribution in [2.45, 2.75) is 76.9 Å². The van der Waals surface area contributed by atoms with Crippen molar-refractivity contribution in [1.29, 1.82) is 0 Å². The molecule has 0 aliphatic carbocycles. The van der Waals surface area contributed by atoms with Gasteiger partial charge in [-0.25, -0.2) is 14.8 Å². The first-order valence-electron chi connectivity index (χ1n) is 14.9. The van der Waals surface area contributed by atoms with Gasteiger partial charge in [0.25, 0.3) is 0 Å². The van der Waals surface area contributed by atoms with Gasteiger partial charge in [0.05, 0.1) is 5.39 Å². The minimum Gasteiger partial charge on any atom is -0.383 e. The van der Waals surface area contributed by atoms with Gasteiger partial charge >= 0.3 is 6.03 Å². The summed E-state index contributed by atoms with van der Waals surface area (Å²) in [5.74, 6) is 1.54. The van der Waals surface area contributed by atoms with E-state index >= 15 is 0 Å². The summed E-state index contributed by atoms with van der Waals surface area (Å²) in [6, 6.07) is 10.7. The molecule has 4 aromatic rings. The Morgan fingerprint density at radius 3 is 2.52 bits per heavy atom. The van der Waals surface area contributed by atoms with E-state index < -0.39 is 6.03 Å². The van der Waals surface area contributed by atoms with E-state index in [4.69, 9.17) is 10.3 Å². The maximum absolute atomic E-state index is 12.6. The summed E-state index contributed by atoms with van der Waals surface area (Å²) in [6.45, 7) is 11.6. The second kappa shape index (κ2) is 11.4. The number of rotatable bonds is 5. The third-order valence-corrected chi connectivity index (χ3v) is 8.59. The molecule has 2 atom stereocenters. The maximum atomic E-state index is 12.6. The van der Waals surface area contributed by atoms with Gasteiger partial charge in [-0.05, 0) is 56.8 Å². The summed E-state index contributed by atoms with van der Waals surface area (Å²) in [5.41, 5.74) is 9.72. The van der Waals surface area contributed by atoms with E-state index in [1.54, 1.807) is 12.4 Å². The highest BCUT2D eigenvalue weighted by Gasteiger charge is 2.30. The monoisotopic (exact) mass is 571 g/mol. The Balaban J connectivity index is 1.16. The van der Waals surface area contributed by atoms with Crippen LogP contribution in [0.1, 0.15) is 65.2 Å². The molecule has 0 saturated carbocycles. The van der Waals surface area contributed by atoms with Crippen molar-refractivity contribution in [2.75, 3.05) is 36.0 Å². The van der Waals surface area contributed by atoms with Crippen molar-refractivity contribution in [3.05, 3.63) is 48.6 Å². The van der Waals surface area contributed by atoms with Gasteiger partial charge in [0.1, 0.15) is 23.6 Å². The molecule has 6 rings (SSSR count). The number of piperidine rings is 2. The van der Waals surface area contributed by atoms with Crippen LogP contribution in [0.2, 0.25) is 0 Å². The van der Waals surface area contributed by atoms with Crippen molar-refractivity contribution < 1.29 is 9.32 Å². The van der Waals surface area contributed by atoms with Crippen LogP contribution in [-0.4, -0.2) is 62.3 Å². The summed E-state index contributed by atoms with van der Waals surface area (Å²) in [7, 11) is 0. The summed E-state index contributed by atoms with van der Waals surface area (Å²) in [6.07, 6.45) is 8.32. The van der Waals surface area contributed by atoms with Gasteiger partial charge in [0.15, 0.2) is 5.82 Å². The molecule has 0 radical (unpaired) electrons. The fourth-order valence-electron chi connectivity index (χ4n) is 6.27. The fourth-order valence-corrected chi connectivity index (χ4v) is 6.27. The molecule has 2 fully saturated rings. The molecule has 11 nitrogen and oxygen atoms in total. The number of aromatic nitrogens is 4. The predicted molar refractivity (Wildman–Crippen MR) is 166 cm³/mol. The number of nitrogens with two attached hydrogens (primary N) is 1. The van der Waals surface area contributed by atoms with Gasteiger partial charge < -0.3 is 30.4 Å². The molecule has 5 N–H and O–H groups in total. The minimum atomic E-state index is -0.393. The lowest BCUT2D eigenvalue weighted by molar-refractivity contribution is 0.104. The van der Waals surface area contributed by atoms with E-state index in [1.165, 1.54) is 12.8 Å². The van der Waals surface area contributed by atoms with Gasteiger partial charge in [0.2, 0.25) is 0 Å². The highest BCUT2D eigenvalue weighted by atomic mass is 16.5. The zero-order valence-corrected chi connectivity index (χ0v) is 24.9. The molecular formula is C31H41N9O2. The van der Waals surface area contributed by atoms with Crippen molar-refractivity contribution >= 4 is 34.4 Å². The number of likely N-dealkylation sites (tertiary alicyclic amines) is 1. The highest BCUT2D eigenvalue weighted by molar-refractivity contribution is 6.02. The van der Waals surface area contributed by atoms with Gasteiger partial charge in [-0.2, -0.15) is 0 Å². The first-order valence-corrected chi connectivity index (χ1v) is 14.9. The molecule has 0 bridgehead atoms. The van der Waals surface area contributed by atoms with Crippen LogP contribution in [-0.2, 0) is 5.41 Å². The molecule has 0 spiro atoms. The average Bonchev–Trinajstić information content (AvgIpc) is 3.60. The minimum absolute atomic E-state index is 0.195. The number of anilines is 3. The van der Waals surface area contributed by atoms with Crippen LogP contribution in [0, 0.1) is 0 Å². The molecule has 222 valence electrons.